The zero-order chi connectivity index (χ0) is 11.8. The van der Waals surface area contributed by atoms with Crippen LogP contribution in [0, 0.1) is 0 Å². The number of alkyl halides is 1. The van der Waals surface area contributed by atoms with Gasteiger partial charge >= 0.3 is 0 Å². The van der Waals surface area contributed by atoms with Gasteiger partial charge in [-0.25, -0.2) is 0 Å². The minimum atomic E-state index is 0.201. The fourth-order valence-corrected chi connectivity index (χ4v) is 3.03. The quantitative estimate of drug-likeness (QED) is 0.638. The second-order valence-electron chi connectivity index (χ2n) is 4.18. The molecule has 0 unspecified atom stereocenters. The van der Waals surface area contributed by atoms with Crippen molar-refractivity contribution in [3.63, 3.8) is 0 Å². The Hall–Kier alpha value is -1.04. The molecule has 0 radical (unpaired) electrons. The number of fused-ring (bicyclic) bond motifs is 2. The van der Waals surface area contributed by atoms with Crippen molar-refractivity contribution in [1.82, 2.24) is 4.98 Å². The van der Waals surface area contributed by atoms with Crippen molar-refractivity contribution >= 4 is 39.3 Å². The van der Waals surface area contributed by atoms with E-state index in [4.69, 9.17) is 4.74 Å². The van der Waals surface area contributed by atoms with Gasteiger partial charge in [-0.3, -0.25) is 4.79 Å². The van der Waals surface area contributed by atoms with E-state index in [1.165, 1.54) is 0 Å². The molecule has 1 N–H and O–H groups in total. The largest absolute Gasteiger partial charge is 0.492 e. The molecule has 0 spiro atoms. The number of halogens is 1. The maximum absolute atomic E-state index is 12.0. The molecule has 3 nitrogen and oxygen atoms in total. The zero-order valence-electron chi connectivity index (χ0n) is 9.25. The normalized spacial score (nSPS) is 15.5. The van der Waals surface area contributed by atoms with Crippen LogP contribution in [0.3, 0.4) is 0 Å². The molecule has 0 fully saturated rings. The van der Waals surface area contributed by atoms with Gasteiger partial charge in [-0.15, -0.1) is 0 Å². The van der Waals surface area contributed by atoms with E-state index in [0.717, 1.165) is 38.6 Å². The first-order valence-corrected chi connectivity index (χ1v) is 7.18. The lowest BCUT2D eigenvalue weighted by Crippen LogP contribution is -2.01. The fourth-order valence-electron chi connectivity index (χ4n) is 2.30. The molecular formula is C13H12INO2. The van der Waals surface area contributed by atoms with Crippen LogP contribution in [0.1, 0.15) is 28.8 Å². The van der Waals surface area contributed by atoms with Crippen LogP contribution in [0.4, 0.5) is 0 Å². The third-order valence-electron chi connectivity index (χ3n) is 3.13. The number of ether oxygens (including phenoxy) is 1. The summed E-state index contributed by atoms with van der Waals surface area (Å²) >= 11 is 2.31. The third-order valence-corrected chi connectivity index (χ3v) is 3.89. The summed E-state index contributed by atoms with van der Waals surface area (Å²) in [6.07, 6.45) is 3.30. The Bertz CT molecular complexity index is 588. The van der Waals surface area contributed by atoms with Gasteiger partial charge in [0.1, 0.15) is 5.75 Å². The summed E-state index contributed by atoms with van der Waals surface area (Å²) in [5, 5.41) is 1.09. The highest BCUT2D eigenvalue weighted by Gasteiger charge is 2.22. The number of H-pyrrole nitrogens is 1. The highest BCUT2D eigenvalue weighted by Crippen LogP contribution is 2.35. The molecule has 88 valence electrons. The van der Waals surface area contributed by atoms with Crippen LogP contribution in [0.5, 0.6) is 5.75 Å². The summed E-state index contributed by atoms with van der Waals surface area (Å²) in [6.45, 7) is 0.634. The predicted octanol–water partition coefficient (Wildman–Crippen LogP) is 3.46. The first-order chi connectivity index (χ1) is 8.31. The lowest BCUT2D eigenvalue weighted by molar-refractivity contribution is 0.0983. The highest BCUT2D eigenvalue weighted by molar-refractivity contribution is 14.1. The van der Waals surface area contributed by atoms with Crippen LogP contribution in [0.2, 0.25) is 0 Å². The molecule has 2 heterocycles. The van der Waals surface area contributed by atoms with Crippen LogP contribution < -0.4 is 4.74 Å². The smallest absolute Gasteiger partial charge is 0.166 e. The second-order valence-corrected chi connectivity index (χ2v) is 4.95. The number of hydrogen-bond donors (Lipinski definition) is 1. The van der Waals surface area contributed by atoms with Gasteiger partial charge < -0.3 is 9.72 Å². The van der Waals surface area contributed by atoms with E-state index >= 15 is 0 Å². The van der Waals surface area contributed by atoms with Crippen LogP contribution in [-0.2, 0) is 4.43 Å². The molecule has 17 heavy (non-hydrogen) atoms. The van der Waals surface area contributed by atoms with Crippen LogP contribution in [0.25, 0.3) is 10.9 Å². The first kappa shape index (κ1) is 11.1. The van der Waals surface area contributed by atoms with Crippen molar-refractivity contribution in [2.75, 3.05) is 6.61 Å². The van der Waals surface area contributed by atoms with Crippen molar-refractivity contribution in [3.05, 3.63) is 29.5 Å². The van der Waals surface area contributed by atoms with Crippen molar-refractivity contribution in [2.45, 2.75) is 17.3 Å². The molecule has 0 saturated carbocycles. The van der Waals surface area contributed by atoms with E-state index in [2.05, 4.69) is 27.6 Å². The van der Waals surface area contributed by atoms with Gasteiger partial charge in [0.25, 0.3) is 0 Å². The number of nitrogens with one attached hydrogen (secondary N) is 1. The maximum Gasteiger partial charge on any atom is 0.166 e. The molecule has 1 aliphatic rings. The second kappa shape index (κ2) is 4.33. The molecule has 1 aliphatic heterocycles. The minimum Gasteiger partial charge on any atom is -0.492 e. The lowest BCUT2D eigenvalue weighted by atomic mass is 10.0. The average molecular weight is 341 g/mol. The number of carbonyl (C=O) groups is 1. The SMILES string of the molecule is O=C1CCCOc2c1cc1cc[nH]c1c2CI. The van der Waals surface area contributed by atoms with Crippen LogP contribution >= 0.6 is 22.6 Å². The Balaban J connectivity index is 2.34. The van der Waals surface area contributed by atoms with Gasteiger partial charge in [-0.2, -0.15) is 0 Å². The number of rotatable bonds is 1. The van der Waals surface area contributed by atoms with Crippen molar-refractivity contribution < 1.29 is 9.53 Å². The lowest BCUT2D eigenvalue weighted by Gasteiger charge is -2.12. The number of ketones is 1. The molecular weight excluding hydrogens is 329 g/mol. The summed E-state index contributed by atoms with van der Waals surface area (Å²) in [5.41, 5.74) is 2.95. The molecule has 0 saturated heterocycles. The molecule has 0 aliphatic carbocycles. The molecule has 1 aromatic heterocycles. The Morgan fingerprint density at radius 3 is 3.18 bits per heavy atom. The van der Waals surface area contributed by atoms with Gasteiger partial charge in [-0.05, 0) is 18.6 Å². The van der Waals surface area contributed by atoms with Crippen LogP contribution in [-0.4, -0.2) is 17.4 Å². The molecule has 4 heteroatoms. The number of hydrogen-bond acceptors (Lipinski definition) is 2. The number of Topliss-reactive ketones (excluding diaryl/α,β-unsaturated/α-hetero) is 1. The van der Waals surface area contributed by atoms with Gasteiger partial charge in [0.15, 0.2) is 5.78 Å². The summed E-state index contributed by atoms with van der Waals surface area (Å²) in [6, 6.07) is 3.95. The van der Waals surface area contributed by atoms with Gasteiger partial charge in [-0.1, -0.05) is 22.6 Å². The Morgan fingerprint density at radius 1 is 1.47 bits per heavy atom. The van der Waals surface area contributed by atoms with Crippen molar-refractivity contribution in [3.8, 4) is 5.75 Å². The molecule has 2 aromatic rings. The standard InChI is InChI=1S/C13H12INO2/c14-7-10-12-8(3-4-15-12)6-9-11(16)2-1-5-17-13(9)10/h3-4,6,15H,1-2,5,7H2. The van der Waals surface area contributed by atoms with Gasteiger partial charge in [0, 0.05) is 28.0 Å². The number of benzene rings is 1. The highest BCUT2D eigenvalue weighted by atomic mass is 127. The third kappa shape index (κ3) is 1.74. The Kier molecular flexibility index (Phi) is 2.82. The van der Waals surface area contributed by atoms with E-state index < -0.39 is 0 Å². The maximum atomic E-state index is 12.0. The average Bonchev–Trinajstić information content (AvgIpc) is 2.72. The number of carbonyl (C=O) groups excluding carboxylic acids is 1. The molecule has 0 amide bonds. The summed E-state index contributed by atoms with van der Waals surface area (Å²) < 4.78 is 6.61. The number of aromatic nitrogens is 1. The van der Waals surface area contributed by atoms with Gasteiger partial charge in [0.2, 0.25) is 0 Å². The van der Waals surface area contributed by atoms with Gasteiger partial charge in [0.05, 0.1) is 17.7 Å². The van der Waals surface area contributed by atoms with E-state index in [1.54, 1.807) is 0 Å². The van der Waals surface area contributed by atoms with Crippen molar-refractivity contribution in [1.29, 1.82) is 0 Å². The zero-order valence-corrected chi connectivity index (χ0v) is 11.4. The van der Waals surface area contributed by atoms with Crippen molar-refractivity contribution in [2.24, 2.45) is 0 Å². The van der Waals surface area contributed by atoms with E-state index in [-0.39, 0.29) is 5.78 Å². The summed E-state index contributed by atoms with van der Waals surface area (Å²) in [7, 11) is 0. The van der Waals surface area contributed by atoms with E-state index in [9.17, 15) is 4.79 Å². The molecule has 1 aromatic carbocycles. The summed E-state index contributed by atoms with van der Waals surface area (Å²) in [5.74, 6) is 0.989. The first-order valence-electron chi connectivity index (χ1n) is 5.66. The van der Waals surface area contributed by atoms with Crippen LogP contribution in [0.15, 0.2) is 18.3 Å². The Morgan fingerprint density at radius 2 is 2.35 bits per heavy atom. The number of aromatic amines is 1. The predicted molar refractivity (Wildman–Crippen MR) is 75.1 cm³/mol. The Labute approximate surface area is 113 Å². The monoisotopic (exact) mass is 341 g/mol. The molecule has 0 bridgehead atoms. The topological polar surface area (TPSA) is 42.1 Å². The fraction of sp³-hybridized carbons (Fsp3) is 0.308. The van der Waals surface area contributed by atoms with E-state index in [1.807, 2.05) is 18.3 Å². The molecule has 3 rings (SSSR count). The summed E-state index contributed by atoms with van der Waals surface area (Å²) in [4.78, 5) is 15.3. The molecule has 0 atom stereocenters. The van der Waals surface area contributed by atoms with E-state index in [0.29, 0.717) is 13.0 Å². The minimum absolute atomic E-state index is 0.201.